The van der Waals surface area contributed by atoms with E-state index in [1.54, 1.807) is 12.1 Å². The van der Waals surface area contributed by atoms with Crippen LogP contribution >= 0.6 is 0 Å². The number of hydrogen-bond donors (Lipinski definition) is 1. The van der Waals surface area contributed by atoms with E-state index in [9.17, 15) is 0 Å². The molecule has 4 nitrogen and oxygen atoms in total. The van der Waals surface area contributed by atoms with Crippen LogP contribution in [-0.2, 0) is 9.57 Å². The number of ether oxygens (including phenoxy) is 1. The van der Waals surface area contributed by atoms with Gasteiger partial charge in [-0.1, -0.05) is 0 Å². The van der Waals surface area contributed by atoms with Crippen LogP contribution in [-0.4, -0.2) is 36.8 Å². The Bertz CT molecular complexity index is 93.0. The van der Waals surface area contributed by atoms with E-state index in [1.807, 2.05) is 0 Å². The smallest absolute Gasteiger partial charge is 0.164 e. The highest BCUT2D eigenvalue weighted by Gasteiger charge is 2.20. The van der Waals surface area contributed by atoms with Crippen molar-refractivity contribution >= 4 is 0 Å². The maximum absolute atomic E-state index is 8.38. The number of nitrogens with zero attached hydrogens (tertiary/aromatic N) is 1. The standard InChI is InChI=1S/C6H13NO3/c1-7(10-5-8)6-3-2-4-9-6/h6,8H,2-5H2,1H3. The molecule has 1 atom stereocenters. The Balaban J connectivity index is 2.18. The van der Waals surface area contributed by atoms with Gasteiger partial charge in [-0.05, 0) is 12.8 Å². The summed E-state index contributed by atoms with van der Waals surface area (Å²) < 4.78 is 5.26. The van der Waals surface area contributed by atoms with E-state index >= 15 is 0 Å². The molecule has 1 aliphatic rings. The van der Waals surface area contributed by atoms with Gasteiger partial charge in [0.2, 0.25) is 0 Å². The van der Waals surface area contributed by atoms with Crippen molar-refractivity contribution in [1.29, 1.82) is 0 Å². The third-order valence-corrected chi connectivity index (χ3v) is 1.57. The van der Waals surface area contributed by atoms with Gasteiger partial charge in [0.15, 0.2) is 6.79 Å². The van der Waals surface area contributed by atoms with Crippen molar-refractivity contribution in [2.24, 2.45) is 0 Å². The van der Waals surface area contributed by atoms with E-state index < -0.39 is 0 Å². The first-order valence-corrected chi connectivity index (χ1v) is 3.43. The van der Waals surface area contributed by atoms with Crippen LogP contribution in [0, 0.1) is 0 Å². The Morgan fingerprint density at radius 2 is 2.60 bits per heavy atom. The van der Waals surface area contributed by atoms with Gasteiger partial charge in [0, 0.05) is 13.7 Å². The Hall–Kier alpha value is -0.160. The van der Waals surface area contributed by atoms with E-state index in [1.165, 1.54) is 0 Å². The molecular formula is C6H13NO3. The van der Waals surface area contributed by atoms with E-state index in [2.05, 4.69) is 0 Å². The van der Waals surface area contributed by atoms with Crippen molar-refractivity contribution in [2.75, 3.05) is 20.4 Å². The fraction of sp³-hybridized carbons (Fsp3) is 1.00. The predicted molar refractivity (Wildman–Crippen MR) is 34.9 cm³/mol. The number of aliphatic hydroxyl groups is 1. The van der Waals surface area contributed by atoms with Crippen LogP contribution < -0.4 is 0 Å². The lowest BCUT2D eigenvalue weighted by molar-refractivity contribution is -0.258. The van der Waals surface area contributed by atoms with Gasteiger partial charge >= 0.3 is 0 Å². The lowest BCUT2D eigenvalue weighted by Gasteiger charge is -2.20. The third kappa shape index (κ3) is 1.91. The molecule has 1 fully saturated rings. The fourth-order valence-corrected chi connectivity index (χ4v) is 1.02. The van der Waals surface area contributed by atoms with Crippen LogP contribution in [0.1, 0.15) is 12.8 Å². The molecule has 1 rings (SSSR count). The maximum atomic E-state index is 8.38. The number of hydroxylamine groups is 2. The van der Waals surface area contributed by atoms with Gasteiger partial charge in [0.25, 0.3) is 0 Å². The van der Waals surface area contributed by atoms with Crippen molar-refractivity contribution in [2.45, 2.75) is 19.1 Å². The molecule has 0 spiro atoms. The number of aliphatic hydroxyl groups excluding tert-OH is 1. The topological polar surface area (TPSA) is 41.9 Å². The van der Waals surface area contributed by atoms with Gasteiger partial charge in [-0.25, -0.2) is 0 Å². The summed E-state index contributed by atoms with van der Waals surface area (Å²) in [5.74, 6) is 0. The first kappa shape index (κ1) is 7.94. The summed E-state index contributed by atoms with van der Waals surface area (Å²) in [5, 5.41) is 9.93. The molecule has 1 aliphatic heterocycles. The predicted octanol–water partition coefficient (Wildman–Crippen LogP) is -0.0639. The zero-order valence-corrected chi connectivity index (χ0v) is 6.12. The minimum atomic E-state index is -0.281. The van der Waals surface area contributed by atoms with E-state index in [-0.39, 0.29) is 13.0 Å². The fourth-order valence-electron chi connectivity index (χ4n) is 1.02. The molecule has 0 aliphatic carbocycles. The van der Waals surface area contributed by atoms with E-state index in [4.69, 9.17) is 14.7 Å². The monoisotopic (exact) mass is 147 g/mol. The van der Waals surface area contributed by atoms with E-state index in [0.29, 0.717) is 0 Å². The molecule has 10 heavy (non-hydrogen) atoms. The van der Waals surface area contributed by atoms with E-state index in [0.717, 1.165) is 19.4 Å². The van der Waals surface area contributed by atoms with Gasteiger partial charge in [-0.2, -0.15) is 5.06 Å². The highest BCUT2D eigenvalue weighted by atomic mass is 16.8. The Labute approximate surface area is 60.3 Å². The van der Waals surface area contributed by atoms with Gasteiger partial charge in [0.05, 0.1) is 0 Å². The highest BCUT2D eigenvalue weighted by molar-refractivity contribution is 4.58. The van der Waals surface area contributed by atoms with Crippen LogP contribution in [0.3, 0.4) is 0 Å². The van der Waals surface area contributed by atoms with Crippen LogP contribution in [0.4, 0.5) is 0 Å². The van der Waals surface area contributed by atoms with Crippen LogP contribution in [0.15, 0.2) is 0 Å². The molecule has 0 aromatic rings. The summed E-state index contributed by atoms with van der Waals surface area (Å²) >= 11 is 0. The van der Waals surface area contributed by atoms with Crippen molar-refractivity contribution in [3.8, 4) is 0 Å². The summed E-state index contributed by atoms with van der Waals surface area (Å²) in [4.78, 5) is 4.79. The molecular weight excluding hydrogens is 134 g/mol. The van der Waals surface area contributed by atoms with Crippen LogP contribution in [0.2, 0.25) is 0 Å². The quantitative estimate of drug-likeness (QED) is 0.448. The Morgan fingerprint density at radius 3 is 3.10 bits per heavy atom. The normalized spacial score (nSPS) is 26.1. The summed E-state index contributed by atoms with van der Waals surface area (Å²) in [5.41, 5.74) is 0. The Kier molecular flexibility index (Phi) is 3.08. The minimum absolute atomic E-state index is 0.0344. The van der Waals surface area contributed by atoms with Crippen molar-refractivity contribution in [1.82, 2.24) is 5.06 Å². The Morgan fingerprint density at radius 1 is 1.80 bits per heavy atom. The molecule has 0 amide bonds. The lowest BCUT2D eigenvalue weighted by Crippen LogP contribution is -2.31. The molecule has 0 bridgehead atoms. The second-order valence-electron chi connectivity index (χ2n) is 2.27. The van der Waals surface area contributed by atoms with Crippen molar-refractivity contribution in [3.63, 3.8) is 0 Å². The molecule has 0 radical (unpaired) electrons. The first-order chi connectivity index (χ1) is 4.84. The van der Waals surface area contributed by atoms with Gasteiger partial charge < -0.3 is 9.84 Å². The second-order valence-corrected chi connectivity index (χ2v) is 2.27. The summed E-state index contributed by atoms with van der Waals surface area (Å²) in [6.07, 6.45) is 2.09. The molecule has 0 aromatic heterocycles. The third-order valence-electron chi connectivity index (χ3n) is 1.57. The van der Waals surface area contributed by atoms with Crippen molar-refractivity contribution < 1.29 is 14.7 Å². The van der Waals surface area contributed by atoms with Crippen LogP contribution in [0.25, 0.3) is 0 Å². The average molecular weight is 147 g/mol. The average Bonchev–Trinajstić information content (AvgIpc) is 2.38. The largest absolute Gasteiger partial charge is 0.369 e. The molecule has 1 saturated heterocycles. The molecule has 1 heterocycles. The second kappa shape index (κ2) is 3.88. The lowest BCUT2D eigenvalue weighted by atomic mass is 10.3. The molecule has 0 aromatic carbocycles. The summed E-state index contributed by atoms with van der Waals surface area (Å²) in [7, 11) is 1.76. The molecule has 60 valence electrons. The highest BCUT2D eigenvalue weighted by Crippen LogP contribution is 2.14. The molecule has 4 heteroatoms. The first-order valence-electron chi connectivity index (χ1n) is 3.43. The van der Waals surface area contributed by atoms with Gasteiger partial charge in [-0.15, -0.1) is 0 Å². The maximum Gasteiger partial charge on any atom is 0.164 e. The minimum Gasteiger partial charge on any atom is -0.369 e. The molecule has 1 N–H and O–H groups in total. The van der Waals surface area contributed by atoms with Crippen LogP contribution in [0.5, 0.6) is 0 Å². The summed E-state index contributed by atoms with van der Waals surface area (Å²) in [6, 6.07) is 0. The van der Waals surface area contributed by atoms with Gasteiger partial charge in [-0.3, -0.25) is 4.84 Å². The van der Waals surface area contributed by atoms with Crippen molar-refractivity contribution in [3.05, 3.63) is 0 Å². The number of hydrogen-bond acceptors (Lipinski definition) is 4. The molecule has 0 saturated carbocycles. The zero-order chi connectivity index (χ0) is 7.40. The SMILES string of the molecule is CN(OCO)C1CCCO1. The number of rotatable bonds is 3. The van der Waals surface area contributed by atoms with Gasteiger partial charge in [0.1, 0.15) is 6.23 Å². The molecule has 1 unspecified atom stereocenters. The zero-order valence-electron chi connectivity index (χ0n) is 6.12. The summed E-state index contributed by atoms with van der Waals surface area (Å²) in [6.45, 7) is 0.514.